The Morgan fingerprint density at radius 2 is 1.81 bits per heavy atom. The molecule has 0 aromatic carbocycles. The Morgan fingerprint density at radius 1 is 1.00 bits per heavy atom. The fourth-order valence-corrected chi connectivity index (χ4v) is 2.42. The molecular weight excluding hydrogens is 212 g/mol. The van der Waals surface area contributed by atoms with E-state index >= 15 is 0 Å². The largest absolute Gasteiger partial charge is 0.350 e. The van der Waals surface area contributed by atoms with E-state index in [4.69, 9.17) is 23.7 Å². The van der Waals surface area contributed by atoms with Crippen molar-refractivity contribution in [2.24, 2.45) is 5.92 Å². The highest BCUT2D eigenvalue weighted by Gasteiger charge is 2.54. The van der Waals surface area contributed by atoms with Crippen molar-refractivity contribution in [1.82, 2.24) is 0 Å². The Balaban J connectivity index is 1.71. The molecule has 0 aromatic rings. The predicted octanol–water partition coefficient (Wildman–Crippen LogP) is 0.870. The van der Waals surface area contributed by atoms with Crippen molar-refractivity contribution in [2.45, 2.75) is 58.0 Å². The average molecular weight is 230 g/mol. The minimum Gasteiger partial charge on any atom is -0.350 e. The van der Waals surface area contributed by atoms with Gasteiger partial charge < -0.3 is 23.7 Å². The van der Waals surface area contributed by atoms with E-state index in [1.165, 1.54) is 0 Å². The minimum atomic E-state index is -0.292. The minimum absolute atomic E-state index is 0.0579. The zero-order valence-electron chi connectivity index (χ0n) is 9.79. The number of hydrogen-bond acceptors (Lipinski definition) is 5. The first-order valence-electron chi connectivity index (χ1n) is 5.88. The molecule has 0 radical (unpaired) electrons. The standard InChI is InChI=1S/C11H18O5/c1-5(2)10-12-4-7-8(16-10)9-11(15-7)14-6(3)13-9/h5-11H,4H2,1-3H3. The van der Waals surface area contributed by atoms with Crippen LogP contribution in [0.25, 0.3) is 0 Å². The molecule has 0 amide bonds. The smallest absolute Gasteiger partial charge is 0.190 e. The molecule has 5 heteroatoms. The zero-order chi connectivity index (χ0) is 11.3. The van der Waals surface area contributed by atoms with Gasteiger partial charge in [-0.1, -0.05) is 13.8 Å². The molecule has 92 valence electrons. The zero-order valence-corrected chi connectivity index (χ0v) is 9.79. The van der Waals surface area contributed by atoms with Gasteiger partial charge in [-0.25, -0.2) is 0 Å². The lowest BCUT2D eigenvalue weighted by Crippen LogP contribution is -2.47. The third-order valence-corrected chi connectivity index (χ3v) is 3.20. The SMILES string of the molecule is CC1OC2OC3COC(C(C)C)OC3C2O1. The monoisotopic (exact) mass is 230 g/mol. The van der Waals surface area contributed by atoms with Crippen molar-refractivity contribution in [2.75, 3.05) is 6.61 Å². The number of hydrogen-bond donors (Lipinski definition) is 0. The van der Waals surface area contributed by atoms with Crippen molar-refractivity contribution < 1.29 is 23.7 Å². The van der Waals surface area contributed by atoms with Gasteiger partial charge in [0.15, 0.2) is 18.9 Å². The lowest BCUT2D eigenvalue weighted by molar-refractivity contribution is -0.279. The number of ether oxygens (including phenoxy) is 5. The van der Waals surface area contributed by atoms with E-state index in [0.717, 1.165) is 0 Å². The second kappa shape index (κ2) is 3.92. The van der Waals surface area contributed by atoms with Gasteiger partial charge in [-0.2, -0.15) is 0 Å². The summed E-state index contributed by atoms with van der Waals surface area (Å²) in [6, 6.07) is 0. The molecule has 3 rings (SSSR count). The summed E-state index contributed by atoms with van der Waals surface area (Å²) in [5.74, 6) is 0.333. The van der Waals surface area contributed by atoms with Crippen molar-refractivity contribution in [3.05, 3.63) is 0 Å². The first-order valence-corrected chi connectivity index (χ1v) is 5.88. The molecule has 0 spiro atoms. The first kappa shape index (κ1) is 10.9. The van der Waals surface area contributed by atoms with E-state index in [1.54, 1.807) is 0 Å². The molecule has 3 aliphatic rings. The molecule has 3 saturated heterocycles. The number of rotatable bonds is 1. The third-order valence-electron chi connectivity index (χ3n) is 3.20. The van der Waals surface area contributed by atoms with Crippen molar-refractivity contribution in [3.63, 3.8) is 0 Å². The molecule has 3 heterocycles. The van der Waals surface area contributed by atoms with Gasteiger partial charge in [-0.3, -0.25) is 0 Å². The third kappa shape index (κ3) is 1.67. The Morgan fingerprint density at radius 3 is 2.56 bits per heavy atom. The van der Waals surface area contributed by atoms with E-state index in [-0.39, 0.29) is 37.2 Å². The summed E-state index contributed by atoms with van der Waals surface area (Å²) in [5.41, 5.74) is 0. The van der Waals surface area contributed by atoms with Crippen molar-refractivity contribution in [3.8, 4) is 0 Å². The van der Waals surface area contributed by atoms with Gasteiger partial charge in [0.25, 0.3) is 0 Å². The fourth-order valence-electron chi connectivity index (χ4n) is 2.42. The van der Waals surface area contributed by atoms with Crippen LogP contribution in [0.2, 0.25) is 0 Å². The van der Waals surface area contributed by atoms with Gasteiger partial charge in [-0.15, -0.1) is 0 Å². The lowest BCUT2D eigenvalue weighted by Gasteiger charge is -2.35. The molecule has 6 atom stereocenters. The van der Waals surface area contributed by atoms with Crippen LogP contribution in [0, 0.1) is 5.92 Å². The molecule has 16 heavy (non-hydrogen) atoms. The van der Waals surface area contributed by atoms with Crippen molar-refractivity contribution >= 4 is 0 Å². The summed E-state index contributed by atoms with van der Waals surface area (Å²) in [5, 5.41) is 0. The summed E-state index contributed by atoms with van der Waals surface area (Å²) in [4.78, 5) is 0. The predicted molar refractivity (Wildman–Crippen MR) is 53.5 cm³/mol. The summed E-state index contributed by atoms with van der Waals surface area (Å²) in [7, 11) is 0. The van der Waals surface area contributed by atoms with Gasteiger partial charge in [0, 0.05) is 5.92 Å². The topological polar surface area (TPSA) is 46.2 Å². The molecule has 0 aromatic heterocycles. The Kier molecular flexibility index (Phi) is 2.68. The maximum Gasteiger partial charge on any atom is 0.190 e. The Hall–Kier alpha value is -0.200. The van der Waals surface area contributed by atoms with Crippen LogP contribution in [-0.2, 0) is 23.7 Å². The second-order valence-corrected chi connectivity index (χ2v) is 4.89. The molecule has 6 unspecified atom stereocenters. The Bertz CT molecular complexity index is 269. The summed E-state index contributed by atoms with van der Waals surface area (Å²) >= 11 is 0. The van der Waals surface area contributed by atoms with Gasteiger partial charge in [0.2, 0.25) is 0 Å². The van der Waals surface area contributed by atoms with Crippen LogP contribution in [0.1, 0.15) is 20.8 Å². The van der Waals surface area contributed by atoms with Gasteiger partial charge in [-0.05, 0) is 6.92 Å². The molecule has 0 N–H and O–H groups in total. The molecule has 0 aliphatic carbocycles. The molecular formula is C11H18O5. The van der Waals surface area contributed by atoms with E-state index in [0.29, 0.717) is 12.5 Å². The molecule has 0 bridgehead atoms. The molecule has 3 aliphatic heterocycles. The number of fused-ring (bicyclic) bond motifs is 3. The Labute approximate surface area is 94.9 Å². The summed E-state index contributed by atoms with van der Waals surface area (Å²) < 4.78 is 28.3. The van der Waals surface area contributed by atoms with Crippen LogP contribution in [-0.4, -0.2) is 43.8 Å². The van der Waals surface area contributed by atoms with Crippen LogP contribution in [0.5, 0.6) is 0 Å². The maximum atomic E-state index is 5.88. The van der Waals surface area contributed by atoms with E-state index in [9.17, 15) is 0 Å². The van der Waals surface area contributed by atoms with Crippen molar-refractivity contribution in [1.29, 1.82) is 0 Å². The normalized spacial score (nSPS) is 51.8. The van der Waals surface area contributed by atoms with Crippen LogP contribution < -0.4 is 0 Å². The highest BCUT2D eigenvalue weighted by atomic mass is 16.8. The maximum absolute atomic E-state index is 5.88. The molecule has 5 nitrogen and oxygen atoms in total. The van der Waals surface area contributed by atoms with E-state index in [1.807, 2.05) is 6.92 Å². The highest BCUT2D eigenvalue weighted by Crippen LogP contribution is 2.37. The molecule has 3 fully saturated rings. The lowest BCUT2D eigenvalue weighted by atomic mass is 10.1. The quantitative estimate of drug-likeness (QED) is 0.669. The van der Waals surface area contributed by atoms with E-state index in [2.05, 4.69) is 13.8 Å². The van der Waals surface area contributed by atoms with Gasteiger partial charge in [0.1, 0.15) is 18.3 Å². The summed E-state index contributed by atoms with van der Waals surface area (Å²) in [6.07, 6.45) is -0.888. The van der Waals surface area contributed by atoms with Crippen LogP contribution in [0.15, 0.2) is 0 Å². The van der Waals surface area contributed by atoms with Gasteiger partial charge in [0.05, 0.1) is 6.61 Å². The summed E-state index contributed by atoms with van der Waals surface area (Å²) in [6.45, 7) is 6.58. The second-order valence-electron chi connectivity index (χ2n) is 4.89. The van der Waals surface area contributed by atoms with Gasteiger partial charge >= 0.3 is 0 Å². The van der Waals surface area contributed by atoms with Crippen LogP contribution in [0.3, 0.4) is 0 Å². The van der Waals surface area contributed by atoms with Crippen LogP contribution >= 0.6 is 0 Å². The highest BCUT2D eigenvalue weighted by molar-refractivity contribution is 4.94. The average Bonchev–Trinajstić information content (AvgIpc) is 2.72. The molecule has 0 saturated carbocycles. The van der Waals surface area contributed by atoms with E-state index < -0.39 is 0 Å². The first-order chi connectivity index (χ1) is 7.65. The van der Waals surface area contributed by atoms with Crippen LogP contribution in [0.4, 0.5) is 0 Å². The fraction of sp³-hybridized carbons (Fsp3) is 1.00.